The quantitative estimate of drug-likeness (QED) is 0.702. The molecular formula is C20H21F3N4O2. The first kappa shape index (κ1) is 20.6. The molecule has 0 saturated heterocycles. The second-order valence-electron chi connectivity index (χ2n) is 6.88. The third-order valence-electron chi connectivity index (χ3n) is 4.50. The molecule has 2 heterocycles. The number of nitrogens with zero attached hydrogens (tertiary/aromatic N) is 3. The van der Waals surface area contributed by atoms with Gasteiger partial charge in [0, 0.05) is 19.7 Å². The number of carbonyl (C=O) groups excluding carboxylic acids is 1. The van der Waals surface area contributed by atoms with Gasteiger partial charge in [0.2, 0.25) is 5.88 Å². The minimum atomic E-state index is -4.61. The highest BCUT2D eigenvalue weighted by Crippen LogP contribution is 2.37. The summed E-state index contributed by atoms with van der Waals surface area (Å²) in [6.45, 7) is 5.19. The summed E-state index contributed by atoms with van der Waals surface area (Å²) in [5.74, 6) is -0.743. The Bertz CT molecular complexity index is 1040. The largest absolute Gasteiger partial charge is 0.464 e. The molecule has 0 aliphatic heterocycles. The van der Waals surface area contributed by atoms with Crippen LogP contribution in [0, 0.1) is 13.8 Å². The average Bonchev–Trinajstić information content (AvgIpc) is 2.93. The van der Waals surface area contributed by atoms with Crippen molar-refractivity contribution in [3.05, 3.63) is 52.7 Å². The topological polar surface area (TPSA) is 69.0 Å². The molecule has 29 heavy (non-hydrogen) atoms. The maximum Gasteiger partial charge on any atom is 0.417 e. The Morgan fingerprint density at radius 3 is 2.52 bits per heavy atom. The summed E-state index contributed by atoms with van der Waals surface area (Å²) >= 11 is 0. The van der Waals surface area contributed by atoms with Crippen molar-refractivity contribution in [3.63, 3.8) is 0 Å². The number of fused-ring (bicyclic) bond motifs is 1. The molecule has 0 bridgehead atoms. The van der Waals surface area contributed by atoms with Crippen LogP contribution in [0.3, 0.4) is 0 Å². The third-order valence-corrected chi connectivity index (χ3v) is 4.50. The van der Waals surface area contributed by atoms with Crippen LogP contribution in [0.2, 0.25) is 0 Å². The molecule has 0 saturated carbocycles. The van der Waals surface area contributed by atoms with Crippen LogP contribution in [-0.4, -0.2) is 26.8 Å². The number of amides is 1. The minimum Gasteiger partial charge on any atom is -0.464 e. The van der Waals surface area contributed by atoms with E-state index in [1.807, 2.05) is 31.2 Å². The van der Waals surface area contributed by atoms with Crippen LogP contribution < -0.4 is 10.1 Å². The Labute approximate surface area is 165 Å². The molecule has 3 aromatic rings. The number of pyridine rings is 1. The molecule has 154 valence electrons. The van der Waals surface area contributed by atoms with Crippen molar-refractivity contribution in [1.29, 1.82) is 0 Å². The van der Waals surface area contributed by atoms with Crippen LogP contribution in [0.25, 0.3) is 11.0 Å². The van der Waals surface area contributed by atoms with Crippen LogP contribution in [0.15, 0.2) is 30.3 Å². The monoisotopic (exact) mass is 406 g/mol. The first-order chi connectivity index (χ1) is 13.6. The van der Waals surface area contributed by atoms with Gasteiger partial charge in [-0.25, -0.2) is 0 Å². The second kappa shape index (κ2) is 7.73. The van der Waals surface area contributed by atoms with E-state index in [-0.39, 0.29) is 29.2 Å². The van der Waals surface area contributed by atoms with E-state index in [9.17, 15) is 18.0 Å². The van der Waals surface area contributed by atoms with Gasteiger partial charge in [0.15, 0.2) is 11.8 Å². The molecule has 1 unspecified atom stereocenters. The zero-order chi connectivity index (χ0) is 21.3. The molecule has 0 aliphatic carbocycles. The standard InChI is InChI=1S/C20H21F3N4O2/c1-11-5-7-14(8-6-11)10-24-19(28)13(3)29-16-9-15(20(21,22)23)17-12(2)26-27(4)18(17)25-16/h5-9,13H,10H2,1-4H3,(H,24,28). The van der Waals surface area contributed by atoms with Gasteiger partial charge in [-0.15, -0.1) is 0 Å². The van der Waals surface area contributed by atoms with Gasteiger partial charge in [-0.3, -0.25) is 9.48 Å². The van der Waals surface area contributed by atoms with Crippen LogP contribution in [0.4, 0.5) is 13.2 Å². The molecular weight excluding hydrogens is 385 g/mol. The Kier molecular flexibility index (Phi) is 5.50. The summed E-state index contributed by atoms with van der Waals surface area (Å²) in [5, 5.41) is 6.63. The number of rotatable bonds is 5. The van der Waals surface area contributed by atoms with E-state index in [4.69, 9.17) is 4.74 Å². The van der Waals surface area contributed by atoms with Crippen molar-refractivity contribution in [2.24, 2.45) is 7.05 Å². The maximum absolute atomic E-state index is 13.5. The van der Waals surface area contributed by atoms with E-state index >= 15 is 0 Å². The van der Waals surface area contributed by atoms with Crippen LogP contribution in [0.1, 0.15) is 29.3 Å². The van der Waals surface area contributed by atoms with E-state index in [1.165, 1.54) is 25.6 Å². The van der Waals surface area contributed by atoms with Crippen LogP contribution >= 0.6 is 0 Å². The number of hydrogen-bond acceptors (Lipinski definition) is 4. The summed E-state index contributed by atoms with van der Waals surface area (Å²) < 4.78 is 47.2. The second-order valence-corrected chi connectivity index (χ2v) is 6.88. The molecule has 1 N–H and O–H groups in total. The lowest BCUT2D eigenvalue weighted by atomic mass is 10.1. The van der Waals surface area contributed by atoms with E-state index in [2.05, 4.69) is 15.4 Å². The van der Waals surface area contributed by atoms with Crippen LogP contribution in [-0.2, 0) is 24.6 Å². The predicted molar refractivity (Wildman–Crippen MR) is 101 cm³/mol. The predicted octanol–water partition coefficient (Wildman–Crippen LogP) is 3.69. The number of halogens is 3. The number of hydrogen-bond donors (Lipinski definition) is 1. The molecule has 0 radical (unpaired) electrons. The first-order valence-corrected chi connectivity index (χ1v) is 8.97. The number of carbonyl (C=O) groups is 1. The fraction of sp³-hybridized carbons (Fsp3) is 0.350. The van der Waals surface area contributed by atoms with E-state index in [1.54, 1.807) is 0 Å². The summed E-state index contributed by atoms with van der Waals surface area (Å²) in [5.41, 5.74) is 1.37. The Morgan fingerprint density at radius 2 is 1.90 bits per heavy atom. The van der Waals surface area contributed by atoms with Gasteiger partial charge in [0.25, 0.3) is 5.91 Å². The lowest BCUT2D eigenvalue weighted by Crippen LogP contribution is -2.36. The molecule has 1 atom stereocenters. The molecule has 0 spiro atoms. The van der Waals surface area contributed by atoms with E-state index < -0.39 is 23.8 Å². The zero-order valence-corrected chi connectivity index (χ0v) is 16.5. The summed E-state index contributed by atoms with van der Waals surface area (Å²) in [6.07, 6.45) is -5.63. The molecule has 2 aromatic heterocycles. The first-order valence-electron chi connectivity index (χ1n) is 8.97. The molecule has 1 aromatic carbocycles. The number of aromatic nitrogens is 3. The Balaban J connectivity index is 1.79. The summed E-state index contributed by atoms with van der Waals surface area (Å²) in [6, 6.07) is 8.43. The van der Waals surface area contributed by atoms with Gasteiger partial charge in [0.1, 0.15) is 0 Å². The van der Waals surface area contributed by atoms with E-state index in [0.717, 1.165) is 17.2 Å². The molecule has 0 aliphatic rings. The fourth-order valence-corrected chi connectivity index (χ4v) is 2.98. The van der Waals surface area contributed by atoms with Gasteiger partial charge >= 0.3 is 6.18 Å². The molecule has 6 nitrogen and oxygen atoms in total. The molecule has 9 heteroatoms. The highest BCUT2D eigenvalue weighted by molar-refractivity contribution is 5.84. The molecule has 0 fully saturated rings. The van der Waals surface area contributed by atoms with Gasteiger partial charge in [0.05, 0.1) is 16.6 Å². The minimum absolute atomic E-state index is 0.0413. The number of benzene rings is 1. The van der Waals surface area contributed by atoms with Gasteiger partial charge in [-0.1, -0.05) is 29.8 Å². The average molecular weight is 406 g/mol. The summed E-state index contributed by atoms with van der Waals surface area (Å²) in [7, 11) is 1.50. The number of alkyl halides is 3. The van der Waals surface area contributed by atoms with Crippen molar-refractivity contribution >= 4 is 16.9 Å². The highest BCUT2D eigenvalue weighted by atomic mass is 19.4. The number of ether oxygens (including phenoxy) is 1. The molecule has 1 amide bonds. The van der Waals surface area contributed by atoms with Crippen molar-refractivity contribution in [2.45, 2.75) is 39.6 Å². The van der Waals surface area contributed by atoms with Crippen molar-refractivity contribution in [3.8, 4) is 5.88 Å². The van der Waals surface area contributed by atoms with Gasteiger partial charge in [-0.05, 0) is 26.3 Å². The molecule has 3 rings (SSSR count). The highest BCUT2D eigenvalue weighted by Gasteiger charge is 2.36. The van der Waals surface area contributed by atoms with Crippen LogP contribution in [0.5, 0.6) is 5.88 Å². The van der Waals surface area contributed by atoms with Crippen molar-refractivity contribution in [2.75, 3.05) is 0 Å². The van der Waals surface area contributed by atoms with Crippen molar-refractivity contribution in [1.82, 2.24) is 20.1 Å². The lowest BCUT2D eigenvalue weighted by molar-refractivity contribution is -0.136. The van der Waals surface area contributed by atoms with Gasteiger partial charge < -0.3 is 10.1 Å². The number of aryl methyl sites for hydroxylation is 3. The normalized spacial score (nSPS) is 12.8. The Hall–Kier alpha value is -3.10. The maximum atomic E-state index is 13.5. The summed E-state index contributed by atoms with van der Waals surface area (Å²) in [4.78, 5) is 16.4. The lowest BCUT2D eigenvalue weighted by Gasteiger charge is -2.16. The fourth-order valence-electron chi connectivity index (χ4n) is 2.98. The smallest absolute Gasteiger partial charge is 0.417 e. The SMILES string of the molecule is Cc1ccc(CNC(=O)C(C)Oc2cc(C(F)(F)F)c3c(C)nn(C)c3n2)cc1. The Morgan fingerprint density at radius 1 is 1.24 bits per heavy atom. The number of nitrogens with one attached hydrogen (secondary N) is 1. The van der Waals surface area contributed by atoms with Gasteiger partial charge in [-0.2, -0.15) is 23.3 Å². The zero-order valence-electron chi connectivity index (χ0n) is 16.5. The third kappa shape index (κ3) is 4.49. The van der Waals surface area contributed by atoms with E-state index in [0.29, 0.717) is 0 Å². The van der Waals surface area contributed by atoms with Crippen molar-refractivity contribution < 1.29 is 22.7 Å².